The van der Waals surface area contributed by atoms with Crippen LogP contribution in [0.5, 0.6) is 11.5 Å². The Labute approximate surface area is 178 Å². The Balaban J connectivity index is 1.51. The number of aromatic carboxylic acids is 1. The Morgan fingerprint density at radius 1 is 1.23 bits per heavy atom. The number of carboxylic acids is 1. The number of ketones is 1. The van der Waals surface area contributed by atoms with Gasteiger partial charge in [0.2, 0.25) is 5.91 Å². The Kier molecular flexibility index (Phi) is 4.86. The monoisotopic (exact) mass is 431 g/mol. The Hall–Kier alpha value is -2.91. The third-order valence-corrected chi connectivity index (χ3v) is 6.97. The smallest absolute Gasteiger partial charge is 0.339 e. The van der Waals surface area contributed by atoms with E-state index in [9.17, 15) is 24.6 Å². The number of allylic oxidation sites excluding steroid dienone is 1. The van der Waals surface area contributed by atoms with Gasteiger partial charge in [0, 0.05) is 29.6 Å². The average molecular weight is 431 g/mol. The number of rotatable bonds is 5. The van der Waals surface area contributed by atoms with E-state index in [-0.39, 0.29) is 35.6 Å². The Morgan fingerprint density at radius 2 is 1.97 bits per heavy atom. The summed E-state index contributed by atoms with van der Waals surface area (Å²) < 4.78 is 11.8. The number of ether oxygens (including phenoxy) is 2. The lowest BCUT2D eigenvalue weighted by molar-refractivity contribution is -0.219. The highest BCUT2D eigenvalue weighted by molar-refractivity contribution is 6.00. The molecule has 2 heterocycles. The molecule has 2 aliphatic heterocycles. The van der Waals surface area contributed by atoms with Crippen LogP contribution in [-0.4, -0.2) is 52.0 Å². The highest BCUT2D eigenvalue weighted by Gasteiger charge is 2.62. The first kappa shape index (κ1) is 21.3. The van der Waals surface area contributed by atoms with E-state index >= 15 is 0 Å². The first-order chi connectivity index (χ1) is 14.5. The van der Waals surface area contributed by atoms with E-state index in [0.717, 1.165) is 12.1 Å². The van der Waals surface area contributed by atoms with Gasteiger partial charge in [-0.3, -0.25) is 9.59 Å². The van der Waals surface area contributed by atoms with Crippen LogP contribution in [0.3, 0.4) is 0 Å². The summed E-state index contributed by atoms with van der Waals surface area (Å²) in [5.41, 5.74) is -1.99. The predicted octanol–water partition coefficient (Wildman–Crippen LogP) is 2.43. The molecule has 4 rings (SSSR count). The lowest BCUT2D eigenvalue weighted by Gasteiger charge is -2.50. The molecule has 4 N–H and O–H groups in total. The molecule has 166 valence electrons. The second-order valence-electron chi connectivity index (χ2n) is 9.02. The van der Waals surface area contributed by atoms with Crippen LogP contribution >= 0.6 is 0 Å². The average Bonchev–Trinajstić information content (AvgIpc) is 2.96. The molecule has 2 saturated heterocycles. The highest BCUT2D eigenvalue weighted by Crippen LogP contribution is 2.59. The van der Waals surface area contributed by atoms with Gasteiger partial charge in [-0.05, 0) is 31.6 Å². The number of anilines is 1. The van der Waals surface area contributed by atoms with E-state index in [2.05, 4.69) is 5.32 Å². The SMILES string of the molecule is C[C@@]12C[C@]3(C=CC(=O)[C@@](C)(CCC(=O)Nc4c(O)ccc(C(=O)O)c4O)[C@@H]3CO1)CO2. The van der Waals surface area contributed by atoms with Gasteiger partial charge in [0.25, 0.3) is 0 Å². The summed E-state index contributed by atoms with van der Waals surface area (Å²) in [6.07, 6.45) is 4.28. The maximum absolute atomic E-state index is 12.9. The summed E-state index contributed by atoms with van der Waals surface area (Å²) in [6, 6.07) is 2.12. The number of hydrogen-bond acceptors (Lipinski definition) is 7. The van der Waals surface area contributed by atoms with Crippen LogP contribution < -0.4 is 5.32 Å². The lowest BCUT2D eigenvalue weighted by Crippen LogP contribution is -2.54. The van der Waals surface area contributed by atoms with E-state index in [1.807, 2.05) is 19.9 Å². The van der Waals surface area contributed by atoms with Crippen molar-refractivity contribution in [2.75, 3.05) is 18.5 Å². The van der Waals surface area contributed by atoms with Crippen molar-refractivity contribution < 1.29 is 39.2 Å². The fraction of sp³-hybridized carbons (Fsp3) is 0.500. The molecule has 9 nitrogen and oxygen atoms in total. The number of carbonyl (C=O) groups excluding carboxylic acids is 2. The highest BCUT2D eigenvalue weighted by atomic mass is 16.7. The van der Waals surface area contributed by atoms with Crippen molar-refractivity contribution in [3.05, 3.63) is 29.8 Å². The van der Waals surface area contributed by atoms with E-state index in [0.29, 0.717) is 19.6 Å². The quantitative estimate of drug-likeness (QED) is 0.521. The number of amides is 1. The number of phenolic OH excluding ortho intramolecular Hbond substituents is 1. The topological polar surface area (TPSA) is 142 Å². The third kappa shape index (κ3) is 3.37. The Morgan fingerprint density at radius 3 is 2.68 bits per heavy atom. The van der Waals surface area contributed by atoms with Gasteiger partial charge in [0.1, 0.15) is 17.0 Å². The number of aromatic hydroxyl groups is 2. The predicted molar refractivity (Wildman–Crippen MR) is 108 cm³/mol. The van der Waals surface area contributed by atoms with Crippen LogP contribution in [0.1, 0.15) is 43.5 Å². The molecule has 1 aromatic rings. The minimum Gasteiger partial charge on any atom is -0.506 e. The number of hydrogen-bond donors (Lipinski definition) is 4. The molecule has 1 amide bonds. The first-order valence-electron chi connectivity index (χ1n) is 10.1. The minimum absolute atomic E-state index is 0.0725. The largest absolute Gasteiger partial charge is 0.506 e. The van der Waals surface area contributed by atoms with Gasteiger partial charge in [0.15, 0.2) is 17.3 Å². The summed E-state index contributed by atoms with van der Waals surface area (Å²) >= 11 is 0. The molecule has 9 heteroatoms. The fourth-order valence-electron chi connectivity index (χ4n) is 5.12. The zero-order chi connectivity index (χ0) is 22.6. The van der Waals surface area contributed by atoms with Gasteiger partial charge in [-0.2, -0.15) is 0 Å². The van der Waals surface area contributed by atoms with Crippen LogP contribution in [0.4, 0.5) is 5.69 Å². The Bertz CT molecular complexity index is 1000. The lowest BCUT2D eigenvalue weighted by atomic mass is 9.55. The first-order valence-corrected chi connectivity index (χ1v) is 10.1. The van der Waals surface area contributed by atoms with Crippen molar-refractivity contribution in [3.63, 3.8) is 0 Å². The van der Waals surface area contributed by atoms with Crippen LogP contribution in [0, 0.1) is 16.7 Å². The van der Waals surface area contributed by atoms with Crippen LogP contribution in [0.15, 0.2) is 24.3 Å². The standard InChI is InChI=1S/C22H25NO8/c1-20(14-9-30-21(2)10-22(14,11-31-21)8-5-15(20)25)7-6-16(26)23-17-13(24)4-3-12(18(17)27)19(28)29/h3-5,8,14,24,27H,6-7,9-11H2,1-2H3,(H,23,26)(H,28,29)/t14-,20-,21+,22+/m0/s1. The van der Waals surface area contributed by atoms with E-state index < -0.39 is 40.1 Å². The van der Waals surface area contributed by atoms with Gasteiger partial charge in [-0.25, -0.2) is 4.79 Å². The summed E-state index contributed by atoms with van der Waals surface area (Å²) in [6.45, 7) is 4.50. The van der Waals surface area contributed by atoms with Crippen LogP contribution in [0.25, 0.3) is 0 Å². The van der Waals surface area contributed by atoms with Crippen molar-refractivity contribution in [3.8, 4) is 11.5 Å². The summed E-state index contributed by atoms with van der Waals surface area (Å²) in [4.78, 5) is 36.6. The summed E-state index contributed by atoms with van der Waals surface area (Å²) in [5.74, 6) is -4.05. The second kappa shape index (κ2) is 7.06. The second-order valence-corrected chi connectivity index (χ2v) is 9.02. The van der Waals surface area contributed by atoms with Crippen molar-refractivity contribution >= 4 is 23.3 Å². The summed E-state index contributed by atoms with van der Waals surface area (Å²) in [5, 5.41) is 31.5. The molecule has 4 atom stereocenters. The molecule has 2 bridgehead atoms. The maximum atomic E-state index is 12.9. The van der Waals surface area contributed by atoms with E-state index in [1.165, 1.54) is 0 Å². The van der Waals surface area contributed by atoms with Crippen molar-refractivity contribution in [2.45, 2.75) is 38.9 Å². The molecule has 0 aromatic heterocycles. The number of carbonyl (C=O) groups is 3. The van der Waals surface area contributed by atoms with Crippen LogP contribution in [-0.2, 0) is 19.1 Å². The molecule has 1 aliphatic carbocycles. The maximum Gasteiger partial charge on any atom is 0.339 e. The molecular formula is C22H25NO8. The molecular weight excluding hydrogens is 406 g/mol. The van der Waals surface area contributed by atoms with Crippen molar-refractivity contribution in [1.29, 1.82) is 0 Å². The molecule has 31 heavy (non-hydrogen) atoms. The minimum atomic E-state index is -1.39. The fourth-order valence-corrected chi connectivity index (χ4v) is 5.12. The van der Waals surface area contributed by atoms with Gasteiger partial charge >= 0.3 is 5.97 Å². The number of carboxylic acid groups (broad SMARTS) is 1. The van der Waals surface area contributed by atoms with Crippen molar-refractivity contribution in [1.82, 2.24) is 0 Å². The molecule has 1 aromatic carbocycles. The van der Waals surface area contributed by atoms with E-state index in [1.54, 1.807) is 6.08 Å². The zero-order valence-electron chi connectivity index (χ0n) is 17.3. The third-order valence-electron chi connectivity index (χ3n) is 6.97. The number of fused-ring (bicyclic) bond motifs is 1. The van der Waals surface area contributed by atoms with Gasteiger partial charge in [-0.15, -0.1) is 0 Å². The number of phenols is 2. The molecule has 1 spiro atoms. The number of nitrogens with one attached hydrogen (secondary N) is 1. The number of benzene rings is 1. The van der Waals surface area contributed by atoms with Gasteiger partial charge in [0.05, 0.1) is 13.2 Å². The van der Waals surface area contributed by atoms with Crippen molar-refractivity contribution in [2.24, 2.45) is 16.7 Å². The van der Waals surface area contributed by atoms with Gasteiger partial charge < -0.3 is 30.1 Å². The van der Waals surface area contributed by atoms with Crippen LogP contribution in [0.2, 0.25) is 0 Å². The van der Waals surface area contributed by atoms with E-state index in [4.69, 9.17) is 14.6 Å². The molecule has 0 saturated carbocycles. The zero-order valence-corrected chi connectivity index (χ0v) is 17.3. The molecule has 0 unspecified atom stereocenters. The molecule has 3 aliphatic rings. The molecule has 0 radical (unpaired) electrons. The summed E-state index contributed by atoms with van der Waals surface area (Å²) in [7, 11) is 0. The normalized spacial score (nSPS) is 33.7. The van der Waals surface area contributed by atoms with Gasteiger partial charge in [-0.1, -0.05) is 13.0 Å². The molecule has 2 fully saturated rings.